The summed E-state index contributed by atoms with van der Waals surface area (Å²) in [7, 11) is -7.10. The molecule has 0 aromatic carbocycles. The summed E-state index contributed by atoms with van der Waals surface area (Å²) in [6.45, 7) is 0. The number of aromatic nitrogens is 2. The molecule has 1 aromatic rings. The summed E-state index contributed by atoms with van der Waals surface area (Å²) in [6, 6.07) is 1.22. The van der Waals surface area contributed by atoms with Crippen molar-refractivity contribution >= 4 is 37.3 Å². The quantitative estimate of drug-likeness (QED) is 0.762. The van der Waals surface area contributed by atoms with Crippen molar-refractivity contribution in [1.29, 1.82) is 0 Å². The van der Waals surface area contributed by atoms with Crippen LogP contribution in [0.1, 0.15) is 0 Å². The fraction of sp³-hybridized carbons (Fsp3) is 0.429. The first-order valence-electron chi connectivity index (χ1n) is 4.34. The van der Waals surface area contributed by atoms with Gasteiger partial charge in [-0.25, -0.2) is 26.8 Å². The maximum atomic E-state index is 11.5. The van der Waals surface area contributed by atoms with Crippen LogP contribution in [-0.4, -0.2) is 44.6 Å². The van der Waals surface area contributed by atoms with Gasteiger partial charge in [0.1, 0.15) is 27.1 Å². The van der Waals surface area contributed by atoms with Crippen LogP contribution >= 0.6 is 11.6 Å². The lowest BCUT2D eigenvalue weighted by atomic mass is 10.6. The second kappa shape index (κ2) is 5.15. The fourth-order valence-electron chi connectivity index (χ4n) is 0.861. The molecule has 0 saturated heterocycles. The van der Waals surface area contributed by atoms with Crippen molar-refractivity contribution in [1.82, 2.24) is 9.97 Å². The Morgan fingerprint density at radius 1 is 1.24 bits per heavy atom. The van der Waals surface area contributed by atoms with Gasteiger partial charge in [-0.1, -0.05) is 11.6 Å². The van der Waals surface area contributed by atoms with Gasteiger partial charge in [-0.2, -0.15) is 0 Å². The predicted octanol–water partition coefficient (Wildman–Crippen LogP) is -0.0837. The number of hydrogen-bond acceptors (Lipinski definition) is 6. The highest BCUT2D eigenvalue weighted by Crippen LogP contribution is 2.10. The van der Waals surface area contributed by atoms with Crippen LogP contribution in [0.3, 0.4) is 0 Å². The lowest BCUT2D eigenvalue weighted by Gasteiger charge is -2.06. The molecule has 0 unspecified atom stereocenters. The van der Waals surface area contributed by atoms with Crippen molar-refractivity contribution in [2.45, 2.75) is 0 Å². The number of sulfonamides is 1. The van der Waals surface area contributed by atoms with Gasteiger partial charge in [0, 0.05) is 12.3 Å². The minimum Gasteiger partial charge on any atom is -0.267 e. The van der Waals surface area contributed by atoms with Crippen molar-refractivity contribution in [2.75, 3.05) is 22.5 Å². The van der Waals surface area contributed by atoms with Crippen molar-refractivity contribution in [2.24, 2.45) is 0 Å². The number of nitrogens with zero attached hydrogens (tertiary/aromatic N) is 2. The first-order chi connectivity index (χ1) is 7.68. The Morgan fingerprint density at radius 2 is 1.88 bits per heavy atom. The maximum absolute atomic E-state index is 11.5. The van der Waals surface area contributed by atoms with Crippen LogP contribution in [0.2, 0.25) is 5.15 Å². The van der Waals surface area contributed by atoms with E-state index in [-0.39, 0.29) is 11.0 Å². The minimum absolute atomic E-state index is 0.00139. The van der Waals surface area contributed by atoms with Gasteiger partial charge in [0.25, 0.3) is 0 Å². The molecule has 1 aromatic heterocycles. The number of halogens is 1. The average molecular weight is 300 g/mol. The lowest BCUT2D eigenvalue weighted by molar-refractivity contribution is 0.593. The van der Waals surface area contributed by atoms with Gasteiger partial charge in [-0.05, 0) is 0 Å². The van der Waals surface area contributed by atoms with E-state index in [2.05, 4.69) is 14.7 Å². The van der Waals surface area contributed by atoms with E-state index < -0.39 is 31.4 Å². The van der Waals surface area contributed by atoms with Gasteiger partial charge in [-0.3, -0.25) is 4.72 Å². The fourth-order valence-corrected chi connectivity index (χ4v) is 3.63. The zero-order valence-electron chi connectivity index (χ0n) is 8.79. The van der Waals surface area contributed by atoms with E-state index in [1.165, 1.54) is 6.07 Å². The van der Waals surface area contributed by atoms with Gasteiger partial charge in [0.15, 0.2) is 0 Å². The summed E-state index contributed by atoms with van der Waals surface area (Å²) in [4.78, 5) is 7.21. The molecule has 0 aliphatic rings. The lowest BCUT2D eigenvalue weighted by Crippen LogP contribution is -2.22. The number of hydrogen-bond donors (Lipinski definition) is 1. The van der Waals surface area contributed by atoms with Crippen LogP contribution in [0, 0.1) is 0 Å². The summed E-state index contributed by atoms with van der Waals surface area (Å²) >= 11 is 5.54. The summed E-state index contributed by atoms with van der Waals surface area (Å²) in [5.74, 6) is -0.993. The zero-order chi connectivity index (χ0) is 13.1. The van der Waals surface area contributed by atoms with Crippen LogP contribution in [0.15, 0.2) is 12.4 Å². The standard InChI is InChI=1S/C7H10ClN3O4S2/c1-16(12,13)2-3-17(14,15)11-7-4-6(8)9-5-10-7/h4-5H,2-3H2,1H3,(H,9,10,11). The molecule has 7 nitrogen and oxygen atoms in total. The molecular formula is C7H10ClN3O4S2. The summed E-state index contributed by atoms with van der Waals surface area (Å²) < 4.78 is 46.8. The molecule has 10 heteroatoms. The molecule has 0 amide bonds. The number of anilines is 1. The second-order valence-corrected chi connectivity index (χ2v) is 7.77. The molecule has 0 saturated carbocycles. The van der Waals surface area contributed by atoms with Gasteiger partial charge >= 0.3 is 0 Å². The molecule has 0 aliphatic carbocycles. The van der Waals surface area contributed by atoms with E-state index in [1.807, 2.05) is 0 Å². The third-order valence-electron chi connectivity index (χ3n) is 1.62. The van der Waals surface area contributed by atoms with E-state index in [0.717, 1.165) is 12.6 Å². The number of rotatable bonds is 5. The van der Waals surface area contributed by atoms with E-state index in [0.29, 0.717) is 0 Å². The molecule has 0 fully saturated rings. The SMILES string of the molecule is CS(=O)(=O)CCS(=O)(=O)Nc1cc(Cl)ncn1. The largest absolute Gasteiger partial charge is 0.267 e. The van der Waals surface area contributed by atoms with Crippen LogP contribution in [0.25, 0.3) is 0 Å². The molecule has 0 aliphatic heterocycles. The highest BCUT2D eigenvalue weighted by atomic mass is 35.5. The average Bonchev–Trinajstić information content (AvgIpc) is 2.13. The Labute approximate surface area is 104 Å². The third kappa shape index (κ3) is 5.80. The van der Waals surface area contributed by atoms with Gasteiger partial charge in [-0.15, -0.1) is 0 Å². The molecule has 17 heavy (non-hydrogen) atoms. The maximum Gasteiger partial charge on any atom is 0.234 e. The Bertz CT molecular complexity index is 599. The smallest absolute Gasteiger partial charge is 0.234 e. The molecule has 1 N–H and O–H groups in total. The Balaban J connectivity index is 2.74. The van der Waals surface area contributed by atoms with Crippen LogP contribution in [0.5, 0.6) is 0 Å². The van der Waals surface area contributed by atoms with Crippen LogP contribution in [0.4, 0.5) is 5.82 Å². The molecule has 1 heterocycles. The van der Waals surface area contributed by atoms with Gasteiger partial charge in [0.05, 0.1) is 11.5 Å². The van der Waals surface area contributed by atoms with Crippen molar-refractivity contribution < 1.29 is 16.8 Å². The molecule has 0 bridgehead atoms. The molecule has 0 spiro atoms. The van der Waals surface area contributed by atoms with Crippen molar-refractivity contribution in [3.05, 3.63) is 17.5 Å². The predicted molar refractivity (Wildman–Crippen MR) is 64.2 cm³/mol. The molecule has 0 atom stereocenters. The molecule has 1 rings (SSSR count). The summed E-state index contributed by atoms with van der Waals surface area (Å²) in [5.41, 5.74) is 0. The molecule has 96 valence electrons. The first kappa shape index (κ1) is 14.1. The number of sulfone groups is 1. The Kier molecular flexibility index (Phi) is 4.28. The van der Waals surface area contributed by atoms with E-state index in [1.54, 1.807) is 0 Å². The van der Waals surface area contributed by atoms with Crippen molar-refractivity contribution in [3.8, 4) is 0 Å². The summed E-state index contributed by atoms with van der Waals surface area (Å²) in [6.07, 6.45) is 2.06. The monoisotopic (exact) mass is 299 g/mol. The Hall–Kier alpha value is -0.930. The van der Waals surface area contributed by atoms with E-state index >= 15 is 0 Å². The normalized spacial score (nSPS) is 12.4. The Morgan fingerprint density at radius 3 is 2.41 bits per heavy atom. The topological polar surface area (TPSA) is 106 Å². The first-order valence-corrected chi connectivity index (χ1v) is 8.43. The molecular weight excluding hydrogens is 290 g/mol. The molecule has 0 radical (unpaired) electrons. The summed E-state index contributed by atoms with van der Waals surface area (Å²) in [5, 5.41) is 0.0841. The van der Waals surface area contributed by atoms with E-state index in [4.69, 9.17) is 11.6 Å². The van der Waals surface area contributed by atoms with Crippen LogP contribution in [-0.2, 0) is 19.9 Å². The van der Waals surface area contributed by atoms with Crippen molar-refractivity contribution in [3.63, 3.8) is 0 Å². The second-order valence-electron chi connectivity index (χ2n) is 3.28. The zero-order valence-corrected chi connectivity index (χ0v) is 11.2. The van der Waals surface area contributed by atoms with Gasteiger partial charge < -0.3 is 0 Å². The van der Waals surface area contributed by atoms with E-state index in [9.17, 15) is 16.8 Å². The minimum atomic E-state index is -3.76. The highest BCUT2D eigenvalue weighted by Gasteiger charge is 2.15. The van der Waals surface area contributed by atoms with Crippen LogP contribution < -0.4 is 4.72 Å². The highest BCUT2D eigenvalue weighted by molar-refractivity contribution is 7.95. The number of nitrogens with one attached hydrogen (secondary N) is 1. The third-order valence-corrected chi connectivity index (χ3v) is 4.29. The van der Waals surface area contributed by atoms with Gasteiger partial charge in [0.2, 0.25) is 10.0 Å².